The molecule has 5 nitrogen and oxygen atoms in total. The van der Waals surface area contributed by atoms with Crippen LogP contribution in [0.2, 0.25) is 0 Å². The average Bonchev–Trinajstić information content (AvgIpc) is 3.22. The number of rotatable bonds is 4. The molecule has 0 radical (unpaired) electrons. The molecular formula is C24H18BrFN2O3S. The number of hydrogen-bond donors (Lipinski definition) is 0. The standard InChI is InChI=1S/C24H18BrFN2O3S/c1-15-22(29)27(13-17-6-9-18(25)10-7-17)24(30)28-14-19(32-23(15)28)5-3-4-16-8-11-20(26)21(12-16)31-2/h6-12,14H,4,13H2,1-2H3. The van der Waals surface area contributed by atoms with Gasteiger partial charge in [-0.3, -0.25) is 13.8 Å². The van der Waals surface area contributed by atoms with Crippen LogP contribution in [0, 0.1) is 24.6 Å². The Morgan fingerprint density at radius 2 is 1.84 bits per heavy atom. The van der Waals surface area contributed by atoms with Gasteiger partial charge in [0.25, 0.3) is 5.56 Å². The number of aryl methyl sites for hydroxylation is 1. The molecule has 0 N–H and O–H groups in total. The molecule has 4 rings (SSSR count). The van der Waals surface area contributed by atoms with Gasteiger partial charge in [-0.15, -0.1) is 11.3 Å². The van der Waals surface area contributed by atoms with Gasteiger partial charge in [-0.05, 0) is 42.3 Å². The second-order valence-electron chi connectivity index (χ2n) is 7.14. The van der Waals surface area contributed by atoms with Crippen LogP contribution >= 0.6 is 27.3 Å². The Morgan fingerprint density at radius 3 is 2.56 bits per heavy atom. The molecule has 4 aromatic rings. The van der Waals surface area contributed by atoms with E-state index in [9.17, 15) is 14.0 Å². The molecule has 0 amide bonds. The lowest BCUT2D eigenvalue weighted by Crippen LogP contribution is -2.38. The van der Waals surface area contributed by atoms with Crippen molar-refractivity contribution in [3.63, 3.8) is 0 Å². The highest BCUT2D eigenvalue weighted by Crippen LogP contribution is 2.20. The molecular weight excluding hydrogens is 495 g/mol. The fourth-order valence-electron chi connectivity index (χ4n) is 3.28. The topological polar surface area (TPSA) is 52.7 Å². The minimum Gasteiger partial charge on any atom is -0.494 e. The fraction of sp³-hybridized carbons (Fsp3) is 0.167. The van der Waals surface area contributed by atoms with Gasteiger partial charge < -0.3 is 4.74 Å². The van der Waals surface area contributed by atoms with Gasteiger partial charge in [0, 0.05) is 22.7 Å². The molecule has 32 heavy (non-hydrogen) atoms. The maximum absolute atomic E-state index is 13.6. The van der Waals surface area contributed by atoms with Crippen molar-refractivity contribution >= 4 is 32.1 Å². The van der Waals surface area contributed by atoms with Crippen molar-refractivity contribution in [1.29, 1.82) is 0 Å². The lowest BCUT2D eigenvalue weighted by molar-refractivity contribution is 0.386. The summed E-state index contributed by atoms with van der Waals surface area (Å²) < 4.78 is 22.2. The van der Waals surface area contributed by atoms with E-state index in [0.717, 1.165) is 15.6 Å². The first-order chi connectivity index (χ1) is 15.4. The van der Waals surface area contributed by atoms with Crippen LogP contribution in [-0.4, -0.2) is 16.1 Å². The van der Waals surface area contributed by atoms with E-state index in [4.69, 9.17) is 4.74 Å². The minimum atomic E-state index is -0.423. The van der Waals surface area contributed by atoms with Gasteiger partial charge >= 0.3 is 5.69 Å². The molecule has 0 aliphatic carbocycles. The number of methoxy groups -OCH3 is 1. The number of hydrogen-bond acceptors (Lipinski definition) is 4. The van der Waals surface area contributed by atoms with Crippen LogP contribution in [0.1, 0.15) is 21.6 Å². The van der Waals surface area contributed by atoms with Crippen LogP contribution in [0.4, 0.5) is 4.39 Å². The molecule has 0 spiro atoms. The molecule has 162 valence electrons. The first-order valence-corrected chi connectivity index (χ1v) is 11.3. The first kappa shape index (κ1) is 22.1. The molecule has 2 aromatic heterocycles. The lowest BCUT2D eigenvalue weighted by Gasteiger charge is -2.07. The van der Waals surface area contributed by atoms with Gasteiger partial charge in [-0.1, -0.05) is 46.0 Å². The van der Waals surface area contributed by atoms with Crippen LogP contribution in [0.25, 0.3) is 4.83 Å². The lowest BCUT2D eigenvalue weighted by atomic mass is 10.1. The van der Waals surface area contributed by atoms with E-state index in [1.54, 1.807) is 25.3 Å². The van der Waals surface area contributed by atoms with Crippen molar-refractivity contribution in [3.05, 3.63) is 101 Å². The van der Waals surface area contributed by atoms with Crippen molar-refractivity contribution in [2.75, 3.05) is 7.11 Å². The van der Waals surface area contributed by atoms with E-state index >= 15 is 0 Å². The number of thiazole rings is 1. The van der Waals surface area contributed by atoms with Gasteiger partial charge in [0.2, 0.25) is 0 Å². The molecule has 2 aromatic carbocycles. The number of ether oxygens (including phenoxy) is 1. The highest BCUT2D eigenvalue weighted by atomic mass is 79.9. The van der Waals surface area contributed by atoms with E-state index in [0.29, 0.717) is 21.7 Å². The third-order valence-electron chi connectivity index (χ3n) is 4.97. The molecule has 8 heteroatoms. The van der Waals surface area contributed by atoms with Crippen LogP contribution in [0.5, 0.6) is 5.75 Å². The smallest absolute Gasteiger partial charge is 0.336 e. The van der Waals surface area contributed by atoms with Gasteiger partial charge in [0.15, 0.2) is 11.6 Å². The summed E-state index contributed by atoms with van der Waals surface area (Å²) in [5.74, 6) is 5.83. The van der Waals surface area contributed by atoms with E-state index in [-0.39, 0.29) is 17.9 Å². The van der Waals surface area contributed by atoms with Gasteiger partial charge in [-0.25, -0.2) is 9.18 Å². The summed E-state index contributed by atoms with van der Waals surface area (Å²) in [5.41, 5.74) is 1.47. The molecule has 2 heterocycles. The molecule has 0 saturated carbocycles. The maximum Gasteiger partial charge on any atom is 0.336 e. The van der Waals surface area contributed by atoms with Crippen molar-refractivity contribution in [3.8, 4) is 17.6 Å². The number of fused-ring (bicyclic) bond motifs is 1. The second kappa shape index (κ2) is 9.15. The molecule has 0 bridgehead atoms. The van der Waals surface area contributed by atoms with E-state index in [1.807, 2.05) is 24.3 Å². The molecule has 0 aliphatic rings. The SMILES string of the molecule is COc1cc(CC#Cc2cn3c(=O)n(Cc4ccc(Br)cc4)c(=O)c(C)c3s2)ccc1F. The highest BCUT2D eigenvalue weighted by Gasteiger charge is 2.14. The number of halogens is 2. The van der Waals surface area contributed by atoms with Gasteiger partial charge in [0.1, 0.15) is 4.83 Å². The second-order valence-corrected chi connectivity index (χ2v) is 9.09. The zero-order valence-corrected chi connectivity index (χ0v) is 19.7. The molecule has 0 saturated heterocycles. The Kier molecular flexibility index (Phi) is 6.31. The minimum absolute atomic E-state index is 0.173. The Balaban J connectivity index is 1.66. The maximum atomic E-state index is 13.6. The summed E-state index contributed by atoms with van der Waals surface area (Å²) in [6.45, 7) is 1.91. The summed E-state index contributed by atoms with van der Waals surface area (Å²) in [6, 6.07) is 12.1. The molecule has 0 aliphatic heterocycles. The Morgan fingerprint density at radius 1 is 1.12 bits per heavy atom. The molecule has 0 unspecified atom stereocenters. The quantitative estimate of drug-likeness (QED) is 0.381. The summed E-state index contributed by atoms with van der Waals surface area (Å²) in [5, 5.41) is 0. The summed E-state index contributed by atoms with van der Waals surface area (Å²) >= 11 is 4.68. The van der Waals surface area contributed by atoms with Gasteiger partial charge in [0.05, 0.1) is 18.5 Å². The average molecular weight is 513 g/mol. The van der Waals surface area contributed by atoms with Crippen LogP contribution in [-0.2, 0) is 13.0 Å². The third-order valence-corrected chi connectivity index (χ3v) is 6.62. The zero-order valence-electron chi connectivity index (χ0n) is 17.3. The molecule has 0 fully saturated rings. The van der Waals surface area contributed by atoms with Crippen molar-refractivity contribution in [1.82, 2.24) is 8.97 Å². The highest BCUT2D eigenvalue weighted by molar-refractivity contribution is 9.10. The fourth-order valence-corrected chi connectivity index (χ4v) is 4.51. The molecule has 0 atom stereocenters. The predicted molar refractivity (Wildman–Crippen MR) is 127 cm³/mol. The van der Waals surface area contributed by atoms with E-state index < -0.39 is 11.5 Å². The summed E-state index contributed by atoms with van der Waals surface area (Å²) in [7, 11) is 1.42. The monoisotopic (exact) mass is 512 g/mol. The summed E-state index contributed by atoms with van der Waals surface area (Å²) in [6.07, 6.45) is 2.06. The van der Waals surface area contributed by atoms with Crippen molar-refractivity contribution in [2.24, 2.45) is 0 Å². The van der Waals surface area contributed by atoms with Crippen molar-refractivity contribution in [2.45, 2.75) is 19.9 Å². The Hall–Kier alpha value is -3.15. The van der Waals surface area contributed by atoms with E-state index in [1.165, 1.54) is 33.5 Å². The van der Waals surface area contributed by atoms with E-state index in [2.05, 4.69) is 27.8 Å². The number of benzene rings is 2. The normalized spacial score (nSPS) is 10.8. The summed E-state index contributed by atoms with van der Waals surface area (Å²) in [4.78, 5) is 27.1. The largest absolute Gasteiger partial charge is 0.494 e. The first-order valence-electron chi connectivity index (χ1n) is 9.68. The zero-order chi connectivity index (χ0) is 22.8. The van der Waals surface area contributed by atoms with Gasteiger partial charge in [-0.2, -0.15) is 0 Å². The predicted octanol–water partition coefficient (Wildman–Crippen LogP) is 4.38. The van der Waals surface area contributed by atoms with Crippen molar-refractivity contribution < 1.29 is 9.13 Å². The number of nitrogens with zero attached hydrogens (tertiary/aromatic N) is 2. The van der Waals surface area contributed by atoms with Crippen LogP contribution < -0.4 is 16.0 Å². The third kappa shape index (κ3) is 4.40. The number of aromatic nitrogens is 2. The van der Waals surface area contributed by atoms with Crippen LogP contribution in [0.3, 0.4) is 0 Å². The Bertz CT molecular complexity index is 1490. The Labute approximate surface area is 195 Å². The van der Waals surface area contributed by atoms with Crippen LogP contribution in [0.15, 0.2) is 62.7 Å².